The number of hydrogen-bond acceptors (Lipinski definition) is 5. The minimum absolute atomic E-state index is 0.0825. The van der Waals surface area contributed by atoms with Crippen molar-refractivity contribution in [2.75, 3.05) is 0 Å². The number of hydrogen-bond donors (Lipinski definition) is 1. The van der Waals surface area contributed by atoms with Crippen LogP contribution >= 0.6 is 0 Å². The number of rotatable bonds is 2. The van der Waals surface area contributed by atoms with Crippen LogP contribution in [-0.4, -0.2) is 42.0 Å². The van der Waals surface area contributed by atoms with Gasteiger partial charge in [-0.1, -0.05) is 0 Å². The molecule has 0 saturated carbocycles. The first-order chi connectivity index (χ1) is 7.30. The highest BCUT2D eigenvalue weighted by atomic mass is 16.4. The molecule has 7 heteroatoms. The van der Waals surface area contributed by atoms with Crippen LogP contribution in [0.1, 0.15) is 32.4 Å². The lowest BCUT2D eigenvalue weighted by Crippen LogP contribution is -2.44. The van der Waals surface area contributed by atoms with E-state index in [4.69, 9.17) is 5.11 Å². The van der Waals surface area contributed by atoms with Gasteiger partial charge in [0.2, 0.25) is 0 Å². The summed E-state index contributed by atoms with van der Waals surface area (Å²) in [4.78, 5) is 12.3. The normalized spacial score (nSPS) is 11.2. The van der Waals surface area contributed by atoms with Crippen molar-refractivity contribution in [2.24, 2.45) is 0 Å². The van der Waals surface area contributed by atoms with Crippen LogP contribution in [0.15, 0.2) is 0 Å². The molecule has 1 heterocycles. The van der Waals surface area contributed by atoms with Gasteiger partial charge in [-0.25, -0.2) is 4.79 Å². The zero-order valence-corrected chi connectivity index (χ0v) is 9.80. The summed E-state index contributed by atoms with van der Waals surface area (Å²) in [6.45, 7) is 7.16. The van der Waals surface area contributed by atoms with Crippen LogP contribution in [0.25, 0.3) is 0 Å². The summed E-state index contributed by atoms with van der Waals surface area (Å²) >= 11 is 0. The van der Waals surface area contributed by atoms with Crippen LogP contribution in [-0.2, 0) is 6.54 Å². The van der Waals surface area contributed by atoms with E-state index >= 15 is 0 Å². The lowest BCUT2D eigenvalue weighted by molar-refractivity contribution is 0.0932. The van der Waals surface area contributed by atoms with Gasteiger partial charge in [0.15, 0.2) is 11.6 Å². The first-order valence-electron chi connectivity index (χ1n) is 4.84. The van der Waals surface area contributed by atoms with Gasteiger partial charge in [-0.3, -0.25) is 4.90 Å². The average Bonchev–Trinajstić information content (AvgIpc) is 2.14. The molecule has 1 aromatic rings. The Kier molecular flexibility index (Phi) is 3.36. The number of aromatic nitrogens is 4. The molecule has 1 rings (SSSR count). The quantitative estimate of drug-likeness (QED) is 0.802. The van der Waals surface area contributed by atoms with Gasteiger partial charge < -0.3 is 5.11 Å². The number of carbonyl (C=O) groups is 1. The van der Waals surface area contributed by atoms with Crippen molar-refractivity contribution in [3.05, 3.63) is 11.6 Å². The molecule has 0 atom stereocenters. The second kappa shape index (κ2) is 4.38. The summed E-state index contributed by atoms with van der Waals surface area (Å²) in [5.74, 6) is 0.754. The summed E-state index contributed by atoms with van der Waals surface area (Å²) in [5.41, 5.74) is -0.514. The van der Waals surface area contributed by atoms with Crippen molar-refractivity contribution in [3.8, 4) is 0 Å². The Morgan fingerprint density at radius 2 is 1.75 bits per heavy atom. The second-order valence-electron chi connectivity index (χ2n) is 4.40. The summed E-state index contributed by atoms with van der Waals surface area (Å²) < 4.78 is 0. The van der Waals surface area contributed by atoms with Crippen LogP contribution in [0.5, 0.6) is 0 Å². The van der Waals surface area contributed by atoms with E-state index in [0.29, 0.717) is 11.6 Å². The molecule has 7 nitrogen and oxygen atoms in total. The molecule has 0 fully saturated rings. The third-order valence-electron chi connectivity index (χ3n) is 1.96. The Balaban J connectivity index is 2.84. The maximum absolute atomic E-state index is 11.0. The summed E-state index contributed by atoms with van der Waals surface area (Å²) in [7, 11) is 0. The molecule has 0 unspecified atom stereocenters. The van der Waals surface area contributed by atoms with Crippen molar-refractivity contribution in [3.63, 3.8) is 0 Å². The predicted octanol–water partition coefficient (Wildman–Crippen LogP) is 0.854. The molecule has 0 saturated heterocycles. The standard InChI is InChI=1S/C9H15N5O2/c1-6-10-12-7(13-11-6)5-14(8(15)16)9(2,3)4/h5H2,1-4H3,(H,15,16). The van der Waals surface area contributed by atoms with Gasteiger partial charge in [-0.05, 0) is 27.7 Å². The molecule has 1 N–H and O–H groups in total. The lowest BCUT2D eigenvalue weighted by atomic mass is 10.1. The second-order valence-corrected chi connectivity index (χ2v) is 4.40. The van der Waals surface area contributed by atoms with Gasteiger partial charge >= 0.3 is 6.09 Å². The highest BCUT2D eigenvalue weighted by Crippen LogP contribution is 2.15. The fourth-order valence-corrected chi connectivity index (χ4v) is 1.10. The predicted molar refractivity (Wildman–Crippen MR) is 55.7 cm³/mol. The summed E-state index contributed by atoms with van der Waals surface area (Å²) in [6.07, 6.45) is -1.02. The molecule has 16 heavy (non-hydrogen) atoms. The molecule has 1 aromatic heterocycles. The third-order valence-corrected chi connectivity index (χ3v) is 1.96. The number of nitrogens with zero attached hydrogens (tertiary/aromatic N) is 5. The highest BCUT2D eigenvalue weighted by molar-refractivity contribution is 5.65. The van der Waals surface area contributed by atoms with Crippen LogP contribution in [0.2, 0.25) is 0 Å². The first-order valence-corrected chi connectivity index (χ1v) is 4.84. The van der Waals surface area contributed by atoms with Crippen molar-refractivity contribution < 1.29 is 9.90 Å². The Labute approximate surface area is 93.5 Å². The molecular formula is C9H15N5O2. The molecule has 88 valence electrons. The van der Waals surface area contributed by atoms with Gasteiger partial charge in [0.1, 0.15) is 0 Å². The molecule has 0 bridgehead atoms. The smallest absolute Gasteiger partial charge is 0.408 e. The maximum Gasteiger partial charge on any atom is 0.408 e. The minimum atomic E-state index is -1.02. The van der Waals surface area contributed by atoms with Crippen molar-refractivity contribution in [1.29, 1.82) is 0 Å². The zero-order valence-electron chi connectivity index (χ0n) is 9.80. The Morgan fingerprint density at radius 3 is 2.12 bits per heavy atom. The summed E-state index contributed by atoms with van der Waals surface area (Å²) in [5, 5.41) is 24.1. The van der Waals surface area contributed by atoms with E-state index < -0.39 is 11.6 Å². The fraction of sp³-hybridized carbons (Fsp3) is 0.667. The fourth-order valence-electron chi connectivity index (χ4n) is 1.10. The van der Waals surface area contributed by atoms with Crippen LogP contribution < -0.4 is 0 Å². The number of aryl methyl sites for hydroxylation is 1. The third kappa shape index (κ3) is 3.11. The van der Waals surface area contributed by atoms with Crippen molar-refractivity contribution in [2.45, 2.75) is 39.8 Å². The molecule has 1 amide bonds. The monoisotopic (exact) mass is 225 g/mol. The molecule has 0 spiro atoms. The Bertz CT molecular complexity index is 370. The minimum Gasteiger partial charge on any atom is -0.465 e. The largest absolute Gasteiger partial charge is 0.465 e. The van der Waals surface area contributed by atoms with Gasteiger partial charge in [0.05, 0.1) is 6.54 Å². The van der Waals surface area contributed by atoms with Gasteiger partial charge in [0, 0.05) is 5.54 Å². The highest BCUT2D eigenvalue weighted by Gasteiger charge is 2.27. The average molecular weight is 225 g/mol. The Morgan fingerprint density at radius 1 is 1.25 bits per heavy atom. The molecule has 0 aromatic carbocycles. The van der Waals surface area contributed by atoms with Crippen molar-refractivity contribution >= 4 is 6.09 Å². The molecule has 0 aliphatic rings. The number of carboxylic acid groups (broad SMARTS) is 1. The van der Waals surface area contributed by atoms with Crippen LogP contribution in [0, 0.1) is 6.92 Å². The van der Waals surface area contributed by atoms with E-state index in [0.717, 1.165) is 0 Å². The van der Waals surface area contributed by atoms with Crippen molar-refractivity contribution in [1.82, 2.24) is 25.3 Å². The summed E-state index contributed by atoms with van der Waals surface area (Å²) in [6, 6.07) is 0. The van der Waals surface area contributed by atoms with Gasteiger partial charge in [0.25, 0.3) is 0 Å². The maximum atomic E-state index is 11.0. The van der Waals surface area contributed by atoms with Crippen LogP contribution in [0.3, 0.4) is 0 Å². The van der Waals surface area contributed by atoms with E-state index in [1.165, 1.54) is 4.90 Å². The molecule has 0 aliphatic heterocycles. The molecule has 0 radical (unpaired) electrons. The Hall–Kier alpha value is -1.79. The number of amides is 1. The topological polar surface area (TPSA) is 92.1 Å². The molecule has 0 aliphatic carbocycles. The van der Waals surface area contributed by atoms with E-state index in [2.05, 4.69) is 20.4 Å². The van der Waals surface area contributed by atoms with E-state index in [-0.39, 0.29) is 6.54 Å². The lowest BCUT2D eigenvalue weighted by Gasteiger charge is -2.32. The van der Waals surface area contributed by atoms with E-state index in [1.54, 1.807) is 27.7 Å². The van der Waals surface area contributed by atoms with Gasteiger partial charge in [-0.15, -0.1) is 20.4 Å². The van der Waals surface area contributed by atoms with E-state index in [1.807, 2.05) is 0 Å². The molecular weight excluding hydrogens is 210 g/mol. The first kappa shape index (κ1) is 12.3. The van der Waals surface area contributed by atoms with Crippen LogP contribution in [0.4, 0.5) is 4.79 Å². The SMILES string of the molecule is Cc1nnc(CN(C(=O)O)C(C)(C)C)nn1. The van der Waals surface area contributed by atoms with E-state index in [9.17, 15) is 4.79 Å². The van der Waals surface area contributed by atoms with Gasteiger partial charge in [-0.2, -0.15) is 0 Å². The zero-order chi connectivity index (χ0) is 12.3.